The van der Waals surface area contributed by atoms with E-state index in [9.17, 15) is 0 Å². The van der Waals surface area contributed by atoms with Crippen molar-refractivity contribution < 1.29 is 4.74 Å². The van der Waals surface area contributed by atoms with Crippen LogP contribution in [-0.2, 0) is 13.1 Å². The first-order chi connectivity index (χ1) is 9.58. The number of nitrogens with zero attached hydrogens (tertiary/aromatic N) is 3. The SMILES string of the molecule is CCn1ncc(CNc2cc(Cl)ccc2OC(C)C)n1. The Balaban J connectivity index is 2.09. The molecule has 6 heteroatoms. The molecule has 0 saturated heterocycles. The van der Waals surface area contributed by atoms with E-state index >= 15 is 0 Å². The molecule has 0 saturated carbocycles. The van der Waals surface area contributed by atoms with Gasteiger partial charge in [-0.05, 0) is 39.0 Å². The van der Waals surface area contributed by atoms with Crippen LogP contribution in [0, 0.1) is 0 Å². The quantitative estimate of drug-likeness (QED) is 0.887. The first kappa shape index (κ1) is 14.7. The maximum atomic E-state index is 6.03. The number of ether oxygens (including phenoxy) is 1. The number of halogens is 1. The van der Waals surface area contributed by atoms with Gasteiger partial charge in [0.05, 0.1) is 31.1 Å². The lowest BCUT2D eigenvalue weighted by atomic mass is 10.2. The molecular weight excluding hydrogens is 276 g/mol. The maximum absolute atomic E-state index is 6.03. The highest BCUT2D eigenvalue weighted by Crippen LogP contribution is 2.29. The molecule has 0 spiro atoms. The molecule has 2 aromatic rings. The zero-order chi connectivity index (χ0) is 14.5. The average Bonchev–Trinajstić information content (AvgIpc) is 2.86. The van der Waals surface area contributed by atoms with Crippen LogP contribution in [0.15, 0.2) is 24.4 Å². The van der Waals surface area contributed by atoms with Crippen molar-refractivity contribution in [2.24, 2.45) is 0 Å². The van der Waals surface area contributed by atoms with Gasteiger partial charge in [-0.3, -0.25) is 0 Å². The van der Waals surface area contributed by atoms with Gasteiger partial charge < -0.3 is 10.1 Å². The first-order valence-corrected chi connectivity index (χ1v) is 7.05. The third kappa shape index (κ3) is 3.87. The molecule has 108 valence electrons. The number of anilines is 1. The van der Waals surface area contributed by atoms with E-state index in [2.05, 4.69) is 15.5 Å². The number of hydrogen-bond donors (Lipinski definition) is 1. The van der Waals surface area contributed by atoms with E-state index < -0.39 is 0 Å². The Morgan fingerprint density at radius 3 is 2.85 bits per heavy atom. The summed E-state index contributed by atoms with van der Waals surface area (Å²) in [6, 6.07) is 5.54. The van der Waals surface area contributed by atoms with E-state index in [0.29, 0.717) is 11.6 Å². The van der Waals surface area contributed by atoms with Gasteiger partial charge in [0.1, 0.15) is 11.4 Å². The number of rotatable bonds is 6. The average molecular weight is 295 g/mol. The van der Waals surface area contributed by atoms with Crippen LogP contribution >= 0.6 is 11.6 Å². The molecule has 0 atom stereocenters. The molecule has 1 aromatic carbocycles. The van der Waals surface area contributed by atoms with Crippen LogP contribution < -0.4 is 10.1 Å². The van der Waals surface area contributed by atoms with Gasteiger partial charge in [0.15, 0.2) is 0 Å². The van der Waals surface area contributed by atoms with Gasteiger partial charge in [-0.1, -0.05) is 11.6 Å². The summed E-state index contributed by atoms with van der Waals surface area (Å²) in [5.74, 6) is 0.785. The molecule has 0 fully saturated rings. The van der Waals surface area contributed by atoms with E-state index in [-0.39, 0.29) is 6.10 Å². The van der Waals surface area contributed by atoms with Crippen LogP contribution in [0.2, 0.25) is 5.02 Å². The summed E-state index contributed by atoms with van der Waals surface area (Å²) in [6.07, 6.45) is 1.86. The topological polar surface area (TPSA) is 52.0 Å². The van der Waals surface area contributed by atoms with Crippen molar-refractivity contribution >= 4 is 17.3 Å². The second-order valence-electron chi connectivity index (χ2n) is 4.69. The number of aryl methyl sites for hydroxylation is 1. The predicted molar refractivity (Wildman–Crippen MR) is 80.2 cm³/mol. The van der Waals surface area contributed by atoms with Crippen molar-refractivity contribution in [3.8, 4) is 5.75 Å². The molecule has 0 aliphatic carbocycles. The van der Waals surface area contributed by atoms with Crippen LogP contribution in [0.5, 0.6) is 5.75 Å². The van der Waals surface area contributed by atoms with E-state index in [1.165, 1.54) is 0 Å². The standard InChI is InChI=1S/C14H19ClN4O/c1-4-19-17-9-12(18-19)8-16-13-7-11(15)5-6-14(13)20-10(2)3/h5-7,9-10,16H,4,8H2,1-3H3. The van der Waals surface area contributed by atoms with E-state index in [4.69, 9.17) is 16.3 Å². The van der Waals surface area contributed by atoms with Crippen LogP contribution in [0.3, 0.4) is 0 Å². The van der Waals surface area contributed by atoms with Crippen molar-refractivity contribution in [1.82, 2.24) is 15.0 Å². The zero-order valence-electron chi connectivity index (χ0n) is 11.9. The Morgan fingerprint density at radius 1 is 1.40 bits per heavy atom. The molecule has 5 nitrogen and oxygen atoms in total. The number of nitrogens with one attached hydrogen (secondary N) is 1. The number of hydrogen-bond acceptors (Lipinski definition) is 4. The summed E-state index contributed by atoms with van der Waals surface area (Å²) >= 11 is 6.03. The summed E-state index contributed by atoms with van der Waals surface area (Å²) in [5, 5.41) is 12.4. The van der Waals surface area contributed by atoms with Gasteiger partial charge in [0.25, 0.3) is 0 Å². The predicted octanol–water partition coefficient (Wildman–Crippen LogP) is 3.35. The first-order valence-electron chi connectivity index (χ1n) is 6.67. The molecule has 2 rings (SSSR count). The minimum absolute atomic E-state index is 0.109. The number of benzene rings is 1. The molecule has 0 amide bonds. The zero-order valence-corrected chi connectivity index (χ0v) is 12.7. The normalized spacial score (nSPS) is 10.8. The summed E-state index contributed by atoms with van der Waals surface area (Å²) < 4.78 is 5.75. The van der Waals surface area contributed by atoms with E-state index in [0.717, 1.165) is 23.7 Å². The summed E-state index contributed by atoms with van der Waals surface area (Å²) in [5.41, 5.74) is 1.74. The minimum atomic E-state index is 0.109. The Bertz CT molecular complexity index is 568. The fraction of sp³-hybridized carbons (Fsp3) is 0.429. The van der Waals surface area contributed by atoms with E-state index in [1.54, 1.807) is 11.0 Å². The molecule has 0 bridgehead atoms. The van der Waals surface area contributed by atoms with Crippen LogP contribution in [0.4, 0.5) is 5.69 Å². The lowest BCUT2D eigenvalue weighted by Gasteiger charge is -2.15. The minimum Gasteiger partial charge on any atom is -0.489 e. The second kappa shape index (κ2) is 6.61. The Labute approximate surface area is 123 Å². The molecule has 0 aliphatic heterocycles. The second-order valence-corrected chi connectivity index (χ2v) is 5.12. The highest BCUT2D eigenvalue weighted by atomic mass is 35.5. The van der Waals surface area contributed by atoms with Gasteiger partial charge >= 0.3 is 0 Å². The van der Waals surface area contributed by atoms with Crippen molar-refractivity contribution in [2.45, 2.75) is 40.0 Å². The van der Waals surface area contributed by atoms with Crippen molar-refractivity contribution in [2.75, 3.05) is 5.32 Å². The highest BCUT2D eigenvalue weighted by molar-refractivity contribution is 6.30. The Morgan fingerprint density at radius 2 is 2.20 bits per heavy atom. The van der Waals surface area contributed by atoms with Crippen molar-refractivity contribution in [1.29, 1.82) is 0 Å². The largest absolute Gasteiger partial charge is 0.489 e. The molecule has 1 aromatic heterocycles. The Hall–Kier alpha value is -1.75. The van der Waals surface area contributed by atoms with Crippen molar-refractivity contribution in [3.05, 3.63) is 35.1 Å². The molecular formula is C14H19ClN4O. The van der Waals surface area contributed by atoms with Crippen LogP contribution in [0.25, 0.3) is 0 Å². The van der Waals surface area contributed by atoms with Gasteiger partial charge in [-0.2, -0.15) is 15.0 Å². The van der Waals surface area contributed by atoms with Crippen LogP contribution in [-0.4, -0.2) is 21.1 Å². The lowest BCUT2D eigenvalue weighted by molar-refractivity contribution is 0.243. The van der Waals surface area contributed by atoms with Gasteiger partial charge in [-0.15, -0.1) is 0 Å². The van der Waals surface area contributed by atoms with Gasteiger partial charge in [-0.25, -0.2) is 0 Å². The molecule has 1 N–H and O–H groups in total. The third-order valence-electron chi connectivity index (χ3n) is 2.63. The monoisotopic (exact) mass is 294 g/mol. The third-order valence-corrected chi connectivity index (χ3v) is 2.87. The maximum Gasteiger partial charge on any atom is 0.142 e. The fourth-order valence-electron chi connectivity index (χ4n) is 1.75. The molecule has 0 aliphatic rings. The van der Waals surface area contributed by atoms with Gasteiger partial charge in [0.2, 0.25) is 0 Å². The Kier molecular flexibility index (Phi) is 4.84. The van der Waals surface area contributed by atoms with Crippen molar-refractivity contribution in [3.63, 3.8) is 0 Å². The number of aromatic nitrogens is 3. The smallest absolute Gasteiger partial charge is 0.142 e. The molecule has 1 heterocycles. The van der Waals surface area contributed by atoms with Gasteiger partial charge in [0, 0.05) is 5.02 Å². The van der Waals surface area contributed by atoms with Crippen LogP contribution in [0.1, 0.15) is 26.5 Å². The molecule has 0 unspecified atom stereocenters. The lowest BCUT2D eigenvalue weighted by Crippen LogP contribution is -2.09. The fourth-order valence-corrected chi connectivity index (χ4v) is 1.92. The molecule has 0 radical (unpaired) electrons. The summed E-state index contributed by atoms with van der Waals surface area (Å²) in [7, 11) is 0. The summed E-state index contributed by atoms with van der Waals surface area (Å²) in [4.78, 5) is 1.65. The molecule has 20 heavy (non-hydrogen) atoms. The summed E-state index contributed by atoms with van der Waals surface area (Å²) in [6.45, 7) is 7.33. The van der Waals surface area contributed by atoms with E-state index in [1.807, 2.05) is 39.0 Å². The highest BCUT2D eigenvalue weighted by Gasteiger charge is 2.07.